The van der Waals surface area contributed by atoms with Crippen LogP contribution in [0.15, 0.2) is 0 Å². The van der Waals surface area contributed by atoms with Crippen LogP contribution in [0.1, 0.15) is 32.1 Å². The van der Waals surface area contributed by atoms with Gasteiger partial charge in [-0.15, -0.1) is 0 Å². The molecule has 3 fully saturated rings. The van der Waals surface area contributed by atoms with Crippen molar-refractivity contribution in [2.75, 3.05) is 19.6 Å². The summed E-state index contributed by atoms with van der Waals surface area (Å²) in [5.41, 5.74) is 0. The van der Waals surface area contributed by atoms with E-state index in [1.807, 2.05) is 0 Å². The van der Waals surface area contributed by atoms with E-state index in [1.165, 1.54) is 32.1 Å². The lowest BCUT2D eigenvalue weighted by Crippen LogP contribution is -2.47. The summed E-state index contributed by atoms with van der Waals surface area (Å²) >= 11 is 0. The number of nitrogens with one attached hydrogen (secondary N) is 1. The van der Waals surface area contributed by atoms with Gasteiger partial charge in [-0.2, -0.15) is 0 Å². The van der Waals surface area contributed by atoms with Gasteiger partial charge in [0.05, 0.1) is 0 Å². The number of piperidine rings is 2. The summed E-state index contributed by atoms with van der Waals surface area (Å²) in [6.07, 6.45) is 6.30. The third-order valence-corrected chi connectivity index (χ3v) is 4.17. The number of nitrogens with zero attached hydrogens (tertiary/aromatic N) is 1. The molecule has 0 aromatic heterocycles. The zero-order valence-electron chi connectivity index (χ0n) is 9.24. The molecule has 3 heteroatoms. The quantitative estimate of drug-likeness (QED) is 0.734. The Bertz CT molecular complexity index is 260. The maximum absolute atomic E-state index is 11.9. The zero-order valence-corrected chi connectivity index (χ0v) is 9.24. The second kappa shape index (κ2) is 3.78. The smallest absolute Gasteiger partial charge is 0.226 e. The molecule has 1 amide bonds. The minimum absolute atomic E-state index is 0.419. The van der Waals surface area contributed by atoms with E-state index in [0.29, 0.717) is 17.9 Å². The first kappa shape index (κ1) is 9.64. The second-order valence-corrected chi connectivity index (χ2v) is 5.32. The molecule has 0 radical (unpaired) electrons. The predicted octanol–water partition coefficient (Wildman–Crippen LogP) is 0.997. The highest BCUT2D eigenvalue weighted by Gasteiger charge is 2.48. The van der Waals surface area contributed by atoms with E-state index in [4.69, 9.17) is 0 Å². The van der Waals surface area contributed by atoms with Crippen LogP contribution in [0.3, 0.4) is 0 Å². The van der Waals surface area contributed by atoms with Crippen molar-refractivity contribution in [2.45, 2.75) is 38.1 Å². The average molecular weight is 208 g/mol. The van der Waals surface area contributed by atoms with Crippen LogP contribution >= 0.6 is 0 Å². The van der Waals surface area contributed by atoms with Crippen LogP contribution < -0.4 is 5.32 Å². The monoisotopic (exact) mass is 208 g/mol. The van der Waals surface area contributed by atoms with Gasteiger partial charge in [0.1, 0.15) is 0 Å². The van der Waals surface area contributed by atoms with Gasteiger partial charge in [-0.3, -0.25) is 4.79 Å². The number of carbonyl (C=O) groups is 1. The molecule has 1 aliphatic carbocycles. The maximum Gasteiger partial charge on any atom is 0.226 e. The van der Waals surface area contributed by atoms with E-state index in [9.17, 15) is 4.79 Å². The Morgan fingerprint density at radius 1 is 1.33 bits per heavy atom. The molecular weight excluding hydrogens is 188 g/mol. The maximum atomic E-state index is 11.9. The largest absolute Gasteiger partial charge is 0.341 e. The molecule has 3 rings (SSSR count). The zero-order chi connectivity index (χ0) is 10.3. The standard InChI is InChI=1S/C12H20N2O/c15-12-11-7-9(11)4-6-14(12)8-10-3-1-2-5-13-10/h9-11,13H,1-8H2. The molecule has 0 aromatic rings. The van der Waals surface area contributed by atoms with Crippen LogP contribution in [0, 0.1) is 11.8 Å². The van der Waals surface area contributed by atoms with E-state index in [2.05, 4.69) is 10.2 Å². The van der Waals surface area contributed by atoms with Gasteiger partial charge in [0.25, 0.3) is 0 Å². The average Bonchev–Trinajstić information content (AvgIpc) is 3.04. The SMILES string of the molecule is O=C1C2CC2CCN1CC1CCCCN1. The van der Waals surface area contributed by atoms with E-state index in [-0.39, 0.29) is 0 Å². The van der Waals surface area contributed by atoms with Gasteiger partial charge in [0.15, 0.2) is 0 Å². The molecule has 2 aliphatic heterocycles. The minimum atomic E-state index is 0.419. The number of fused-ring (bicyclic) bond motifs is 1. The van der Waals surface area contributed by atoms with E-state index >= 15 is 0 Å². The van der Waals surface area contributed by atoms with Gasteiger partial charge in [-0.05, 0) is 38.1 Å². The van der Waals surface area contributed by atoms with Gasteiger partial charge in [-0.25, -0.2) is 0 Å². The summed E-state index contributed by atoms with van der Waals surface area (Å²) in [7, 11) is 0. The van der Waals surface area contributed by atoms with E-state index in [1.54, 1.807) is 0 Å². The van der Waals surface area contributed by atoms with Crippen LogP contribution in [0.4, 0.5) is 0 Å². The summed E-state index contributed by atoms with van der Waals surface area (Å²) in [6.45, 7) is 3.11. The molecule has 3 atom stereocenters. The molecule has 15 heavy (non-hydrogen) atoms. The van der Waals surface area contributed by atoms with Crippen molar-refractivity contribution >= 4 is 5.91 Å². The molecule has 3 unspecified atom stereocenters. The predicted molar refractivity (Wildman–Crippen MR) is 58.4 cm³/mol. The molecule has 3 aliphatic rings. The summed E-state index contributed by atoms with van der Waals surface area (Å²) in [6, 6.07) is 0.568. The van der Waals surface area contributed by atoms with Gasteiger partial charge < -0.3 is 10.2 Å². The number of carbonyl (C=O) groups excluding carboxylic acids is 1. The van der Waals surface area contributed by atoms with Crippen molar-refractivity contribution in [1.82, 2.24) is 10.2 Å². The lowest BCUT2D eigenvalue weighted by atomic mass is 10.0. The molecule has 1 N–H and O–H groups in total. The van der Waals surface area contributed by atoms with Gasteiger partial charge in [0, 0.05) is 25.0 Å². The Morgan fingerprint density at radius 2 is 2.27 bits per heavy atom. The minimum Gasteiger partial charge on any atom is -0.341 e. The van der Waals surface area contributed by atoms with Gasteiger partial charge in [-0.1, -0.05) is 6.42 Å². The van der Waals surface area contributed by atoms with E-state index in [0.717, 1.165) is 25.6 Å². The van der Waals surface area contributed by atoms with Crippen molar-refractivity contribution < 1.29 is 4.79 Å². The second-order valence-electron chi connectivity index (χ2n) is 5.32. The third-order valence-electron chi connectivity index (χ3n) is 4.17. The number of amides is 1. The molecular formula is C12H20N2O. The molecule has 0 spiro atoms. The van der Waals surface area contributed by atoms with Crippen molar-refractivity contribution in [2.24, 2.45) is 11.8 Å². The number of likely N-dealkylation sites (tertiary alicyclic amines) is 1. The number of hydrogen-bond donors (Lipinski definition) is 1. The van der Waals surface area contributed by atoms with Crippen molar-refractivity contribution in [3.63, 3.8) is 0 Å². The number of hydrogen-bond acceptors (Lipinski definition) is 2. The molecule has 0 bridgehead atoms. The van der Waals surface area contributed by atoms with Gasteiger partial charge >= 0.3 is 0 Å². The van der Waals surface area contributed by atoms with Gasteiger partial charge in [0.2, 0.25) is 5.91 Å². The highest BCUT2D eigenvalue weighted by Crippen LogP contribution is 2.45. The first-order valence-electron chi connectivity index (χ1n) is 6.37. The Morgan fingerprint density at radius 3 is 3.07 bits per heavy atom. The normalized spacial score (nSPS) is 40.1. The Balaban J connectivity index is 1.55. The van der Waals surface area contributed by atoms with Crippen LogP contribution in [-0.2, 0) is 4.79 Å². The van der Waals surface area contributed by atoms with E-state index < -0.39 is 0 Å². The fraction of sp³-hybridized carbons (Fsp3) is 0.917. The Kier molecular flexibility index (Phi) is 2.43. The number of rotatable bonds is 2. The fourth-order valence-electron chi connectivity index (χ4n) is 3.06. The Labute approximate surface area is 91.2 Å². The highest BCUT2D eigenvalue weighted by molar-refractivity contribution is 5.82. The van der Waals surface area contributed by atoms with Crippen molar-refractivity contribution in [3.8, 4) is 0 Å². The topological polar surface area (TPSA) is 32.3 Å². The lowest BCUT2D eigenvalue weighted by Gasteiger charge is -2.32. The molecule has 2 heterocycles. The third kappa shape index (κ3) is 1.89. The fourth-order valence-corrected chi connectivity index (χ4v) is 3.06. The molecule has 84 valence electrons. The van der Waals surface area contributed by atoms with Crippen molar-refractivity contribution in [3.05, 3.63) is 0 Å². The first-order valence-corrected chi connectivity index (χ1v) is 6.37. The van der Waals surface area contributed by atoms with Crippen molar-refractivity contribution in [1.29, 1.82) is 0 Å². The lowest BCUT2D eigenvalue weighted by molar-refractivity contribution is -0.135. The first-order chi connectivity index (χ1) is 7.34. The highest BCUT2D eigenvalue weighted by atomic mass is 16.2. The van der Waals surface area contributed by atoms with Crippen LogP contribution in [0.5, 0.6) is 0 Å². The summed E-state index contributed by atoms with van der Waals surface area (Å²) in [5, 5.41) is 3.52. The molecule has 1 saturated carbocycles. The molecule has 2 saturated heterocycles. The molecule has 3 nitrogen and oxygen atoms in total. The van der Waals surface area contributed by atoms with Crippen LogP contribution in [-0.4, -0.2) is 36.5 Å². The molecule has 0 aromatic carbocycles. The summed E-state index contributed by atoms with van der Waals surface area (Å²) in [4.78, 5) is 14.0. The van der Waals surface area contributed by atoms with Crippen LogP contribution in [0.2, 0.25) is 0 Å². The summed E-state index contributed by atoms with van der Waals surface area (Å²) < 4.78 is 0. The van der Waals surface area contributed by atoms with Crippen LogP contribution in [0.25, 0.3) is 0 Å². The summed E-state index contributed by atoms with van der Waals surface area (Å²) in [5.74, 6) is 1.62. The Hall–Kier alpha value is -0.570.